The largest absolute Gasteiger partial charge is 0.490 e. The molecule has 21 heavy (non-hydrogen) atoms. The van der Waals surface area contributed by atoms with Gasteiger partial charge in [0, 0.05) is 0 Å². The van der Waals surface area contributed by atoms with E-state index in [1.165, 1.54) is 5.56 Å². The van der Waals surface area contributed by atoms with E-state index in [1.807, 2.05) is 12.1 Å². The van der Waals surface area contributed by atoms with E-state index in [1.54, 1.807) is 24.3 Å². The molecule has 0 aromatic heterocycles. The molecule has 0 fully saturated rings. The highest BCUT2D eigenvalue weighted by Gasteiger charge is 2.09. The summed E-state index contributed by atoms with van der Waals surface area (Å²) in [4.78, 5) is 0. The zero-order valence-electron chi connectivity index (χ0n) is 12.0. The first-order valence-electron chi connectivity index (χ1n) is 6.99. The van der Waals surface area contributed by atoms with Gasteiger partial charge in [-0.2, -0.15) is 0 Å². The van der Waals surface area contributed by atoms with Crippen LogP contribution in [0.15, 0.2) is 48.5 Å². The molecule has 0 spiro atoms. The van der Waals surface area contributed by atoms with E-state index in [4.69, 9.17) is 19.5 Å². The van der Waals surface area contributed by atoms with Gasteiger partial charge in [-0.15, -0.1) is 0 Å². The maximum Gasteiger partial charge on any atom is 0.488 e. The van der Waals surface area contributed by atoms with Crippen LogP contribution in [0.1, 0.15) is 12.5 Å². The minimum Gasteiger partial charge on any atom is -0.490 e. The van der Waals surface area contributed by atoms with Crippen molar-refractivity contribution in [3.05, 3.63) is 54.1 Å². The second kappa shape index (κ2) is 7.71. The second-order valence-corrected chi connectivity index (χ2v) is 4.64. The van der Waals surface area contributed by atoms with Gasteiger partial charge in [-0.3, -0.25) is 0 Å². The summed E-state index contributed by atoms with van der Waals surface area (Å²) in [5, 5.41) is 18.0. The Labute approximate surface area is 125 Å². The van der Waals surface area contributed by atoms with Crippen molar-refractivity contribution in [3.8, 4) is 11.5 Å². The molecule has 0 heterocycles. The Morgan fingerprint density at radius 3 is 1.71 bits per heavy atom. The van der Waals surface area contributed by atoms with Crippen molar-refractivity contribution in [1.29, 1.82) is 0 Å². The molecule has 2 N–H and O–H groups in total. The predicted molar refractivity (Wildman–Crippen MR) is 83.1 cm³/mol. The topological polar surface area (TPSA) is 58.9 Å². The van der Waals surface area contributed by atoms with Gasteiger partial charge in [0.15, 0.2) is 0 Å². The number of hydrogen-bond acceptors (Lipinski definition) is 4. The molecule has 110 valence electrons. The molecule has 4 nitrogen and oxygen atoms in total. The lowest BCUT2D eigenvalue weighted by molar-refractivity contribution is 0.217. The minimum absolute atomic E-state index is 0.427. The molecular formula is C16H19BO4. The zero-order valence-corrected chi connectivity index (χ0v) is 12.0. The van der Waals surface area contributed by atoms with Gasteiger partial charge in [-0.25, -0.2) is 0 Å². The van der Waals surface area contributed by atoms with Crippen LogP contribution in [0.5, 0.6) is 11.5 Å². The Bertz CT molecular complexity index is 537. The summed E-state index contributed by atoms with van der Waals surface area (Å²) < 4.78 is 11.1. The van der Waals surface area contributed by atoms with Crippen LogP contribution in [0, 0.1) is 0 Å². The van der Waals surface area contributed by atoms with E-state index >= 15 is 0 Å². The third-order valence-corrected chi connectivity index (χ3v) is 3.13. The molecule has 0 bridgehead atoms. The standard InChI is InChI=1S/C16H19BO4/c1-2-13-3-7-15(8-4-13)20-11-12-21-16-9-5-14(6-10-16)17(18)19/h3-10,18-19H,2,11-12H2,1H3. The molecule has 0 radical (unpaired) electrons. The lowest BCUT2D eigenvalue weighted by Gasteiger charge is -2.09. The zero-order chi connectivity index (χ0) is 15.1. The fraction of sp³-hybridized carbons (Fsp3) is 0.250. The summed E-state index contributed by atoms with van der Waals surface area (Å²) in [6.07, 6.45) is 1.02. The van der Waals surface area contributed by atoms with Gasteiger partial charge in [0.05, 0.1) is 0 Å². The Balaban J connectivity index is 1.73. The Morgan fingerprint density at radius 2 is 1.29 bits per heavy atom. The van der Waals surface area contributed by atoms with E-state index in [2.05, 4.69) is 19.1 Å². The van der Waals surface area contributed by atoms with Gasteiger partial charge in [0.25, 0.3) is 0 Å². The van der Waals surface area contributed by atoms with Gasteiger partial charge in [0.1, 0.15) is 24.7 Å². The smallest absolute Gasteiger partial charge is 0.488 e. The van der Waals surface area contributed by atoms with Crippen molar-refractivity contribution < 1.29 is 19.5 Å². The van der Waals surface area contributed by atoms with Crippen LogP contribution in [-0.4, -0.2) is 30.4 Å². The average molecular weight is 286 g/mol. The van der Waals surface area contributed by atoms with Crippen molar-refractivity contribution in [2.45, 2.75) is 13.3 Å². The number of rotatable bonds is 7. The number of hydrogen-bond donors (Lipinski definition) is 2. The fourth-order valence-electron chi connectivity index (χ4n) is 1.88. The SMILES string of the molecule is CCc1ccc(OCCOc2ccc(B(O)O)cc2)cc1. The first-order chi connectivity index (χ1) is 10.2. The van der Waals surface area contributed by atoms with Crippen molar-refractivity contribution in [1.82, 2.24) is 0 Å². The summed E-state index contributed by atoms with van der Waals surface area (Å²) in [5.74, 6) is 1.50. The molecule has 0 aliphatic rings. The third-order valence-electron chi connectivity index (χ3n) is 3.13. The molecule has 0 aliphatic heterocycles. The molecule has 2 rings (SSSR count). The highest BCUT2D eigenvalue weighted by molar-refractivity contribution is 6.58. The summed E-state index contributed by atoms with van der Waals surface area (Å²) in [7, 11) is -1.45. The summed E-state index contributed by atoms with van der Waals surface area (Å²) in [6, 6.07) is 14.6. The van der Waals surface area contributed by atoms with E-state index < -0.39 is 7.12 Å². The van der Waals surface area contributed by atoms with Gasteiger partial charge < -0.3 is 19.5 Å². The highest BCUT2D eigenvalue weighted by Crippen LogP contribution is 2.13. The van der Waals surface area contributed by atoms with Crippen molar-refractivity contribution >= 4 is 12.6 Å². The second-order valence-electron chi connectivity index (χ2n) is 4.64. The normalized spacial score (nSPS) is 10.2. The molecule has 0 atom stereocenters. The quantitative estimate of drug-likeness (QED) is 0.596. The first-order valence-corrected chi connectivity index (χ1v) is 6.99. The summed E-state index contributed by atoms with van der Waals surface area (Å²) in [5.41, 5.74) is 1.72. The lowest BCUT2D eigenvalue weighted by Crippen LogP contribution is -2.29. The van der Waals surface area contributed by atoms with Crippen LogP contribution in [0.25, 0.3) is 0 Å². The number of benzene rings is 2. The summed E-state index contributed by atoms with van der Waals surface area (Å²) >= 11 is 0. The van der Waals surface area contributed by atoms with Crippen molar-refractivity contribution in [3.63, 3.8) is 0 Å². The Kier molecular flexibility index (Phi) is 5.66. The van der Waals surface area contributed by atoms with Crippen molar-refractivity contribution in [2.24, 2.45) is 0 Å². The van der Waals surface area contributed by atoms with Gasteiger partial charge in [-0.05, 0) is 41.7 Å². The van der Waals surface area contributed by atoms with Gasteiger partial charge in [0.2, 0.25) is 0 Å². The third kappa shape index (κ3) is 4.81. The van der Waals surface area contributed by atoms with Crippen molar-refractivity contribution in [2.75, 3.05) is 13.2 Å². The number of ether oxygens (including phenoxy) is 2. The highest BCUT2D eigenvalue weighted by atomic mass is 16.5. The van der Waals surface area contributed by atoms with Crippen LogP contribution in [0.2, 0.25) is 0 Å². The van der Waals surface area contributed by atoms with Crippen LogP contribution in [0.3, 0.4) is 0 Å². The van der Waals surface area contributed by atoms with E-state index in [0.717, 1.165) is 12.2 Å². The molecule has 0 saturated heterocycles. The van der Waals surface area contributed by atoms with E-state index in [0.29, 0.717) is 24.4 Å². The molecule has 0 amide bonds. The molecular weight excluding hydrogens is 267 g/mol. The summed E-state index contributed by atoms with van der Waals surface area (Å²) in [6.45, 7) is 3.00. The monoisotopic (exact) mass is 286 g/mol. The predicted octanol–water partition coefficient (Wildman–Crippen LogP) is 1.39. The van der Waals surface area contributed by atoms with Crippen LogP contribution in [0.4, 0.5) is 0 Å². The molecule has 0 saturated carbocycles. The van der Waals surface area contributed by atoms with E-state index in [-0.39, 0.29) is 0 Å². The van der Waals surface area contributed by atoms with Gasteiger partial charge >= 0.3 is 7.12 Å². The molecule has 0 unspecified atom stereocenters. The first kappa shape index (κ1) is 15.4. The van der Waals surface area contributed by atoms with E-state index in [9.17, 15) is 0 Å². The minimum atomic E-state index is -1.45. The number of aryl methyl sites for hydroxylation is 1. The Morgan fingerprint density at radius 1 is 0.810 bits per heavy atom. The Hall–Kier alpha value is -1.98. The van der Waals surface area contributed by atoms with Gasteiger partial charge in [-0.1, -0.05) is 31.2 Å². The molecule has 2 aromatic carbocycles. The van der Waals surface area contributed by atoms with Crippen LogP contribution < -0.4 is 14.9 Å². The van der Waals surface area contributed by atoms with Crippen LogP contribution in [-0.2, 0) is 6.42 Å². The maximum atomic E-state index is 8.99. The lowest BCUT2D eigenvalue weighted by atomic mass is 9.80. The maximum absolute atomic E-state index is 8.99. The van der Waals surface area contributed by atoms with Crippen LogP contribution >= 0.6 is 0 Å². The molecule has 2 aromatic rings. The average Bonchev–Trinajstić information content (AvgIpc) is 2.52. The molecule has 5 heteroatoms. The molecule has 0 aliphatic carbocycles. The fourth-order valence-corrected chi connectivity index (χ4v) is 1.88.